The molecule has 2 N–H and O–H groups in total. The van der Waals surface area contributed by atoms with Gasteiger partial charge in [-0.25, -0.2) is 9.97 Å². The van der Waals surface area contributed by atoms with E-state index in [4.69, 9.17) is 0 Å². The average Bonchev–Trinajstić information content (AvgIpc) is 2.56. The number of hydrazone groups is 1. The van der Waals surface area contributed by atoms with Crippen LogP contribution in [-0.2, 0) is 0 Å². The Balaban J connectivity index is 1.84. The standard InChI is InChI=1S/C17H15N5O/c1-12-9-16(22-19-11-13-5-4-8-18-10-13)21-17(20-12)14-6-2-3-7-15(14)23/h2-11,23H,1H3,(H,20,21,22). The van der Waals surface area contributed by atoms with Crippen LogP contribution in [0.3, 0.4) is 0 Å². The molecule has 0 aliphatic rings. The molecule has 0 radical (unpaired) electrons. The molecule has 0 atom stereocenters. The van der Waals surface area contributed by atoms with Crippen molar-refractivity contribution in [3.63, 3.8) is 0 Å². The Morgan fingerprint density at radius 3 is 2.78 bits per heavy atom. The van der Waals surface area contributed by atoms with Crippen molar-refractivity contribution in [3.05, 3.63) is 66.1 Å². The second-order valence-electron chi connectivity index (χ2n) is 4.89. The number of aromatic hydroxyl groups is 1. The fourth-order valence-corrected chi connectivity index (χ4v) is 2.03. The number of hydrogen-bond acceptors (Lipinski definition) is 6. The minimum Gasteiger partial charge on any atom is -0.507 e. The molecule has 0 aliphatic heterocycles. The van der Waals surface area contributed by atoms with Gasteiger partial charge in [-0.1, -0.05) is 18.2 Å². The van der Waals surface area contributed by atoms with Gasteiger partial charge in [0.15, 0.2) is 11.6 Å². The van der Waals surface area contributed by atoms with E-state index in [-0.39, 0.29) is 5.75 Å². The molecule has 0 aliphatic carbocycles. The van der Waals surface area contributed by atoms with E-state index in [1.807, 2.05) is 25.1 Å². The van der Waals surface area contributed by atoms with Crippen LogP contribution in [0.5, 0.6) is 5.75 Å². The van der Waals surface area contributed by atoms with E-state index in [9.17, 15) is 5.11 Å². The third kappa shape index (κ3) is 3.68. The van der Waals surface area contributed by atoms with E-state index in [1.165, 1.54) is 0 Å². The second kappa shape index (κ2) is 6.65. The summed E-state index contributed by atoms with van der Waals surface area (Å²) >= 11 is 0. The van der Waals surface area contributed by atoms with Crippen LogP contribution in [0.4, 0.5) is 5.82 Å². The fraction of sp³-hybridized carbons (Fsp3) is 0.0588. The summed E-state index contributed by atoms with van der Waals surface area (Å²) in [7, 11) is 0. The summed E-state index contributed by atoms with van der Waals surface area (Å²) in [5.41, 5.74) is 5.11. The van der Waals surface area contributed by atoms with Crippen LogP contribution in [-0.4, -0.2) is 26.3 Å². The fourth-order valence-electron chi connectivity index (χ4n) is 2.03. The summed E-state index contributed by atoms with van der Waals surface area (Å²) in [5, 5.41) is 14.1. The highest BCUT2D eigenvalue weighted by atomic mass is 16.3. The van der Waals surface area contributed by atoms with Gasteiger partial charge in [-0.15, -0.1) is 0 Å². The van der Waals surface area contributed by atoms with Crippen molar-refractivity contribution in [1.29, 1.82) is 0 Å². The molecule has 0 saturated carbocycles. The van der Waals surface area contributed by atoms with Gasteiger partial charge in [0.05, 0.1) is 11.8 Å². The molecular weight excluding hydrogens is 290 g/mol. The first-order valence-corrected chi connectivity index (χ1v) is 7.05. The molecule has 0 unspecified atom stereocenters. The lowest BCUT2D eigenvalue weighted by Crippen LogP contribution is -1.99. The molecule has 0 amide bonds. The van der Waals surface area contributed by atoms with Crippen molar-refractivity contribution in [3.8, 4) is 17.1 Å². The van der Waals surface area contributed by atoms with Crippen LogP contribution in [0.1, 0.15) is 11.3 Å². The van der Waals surface area contributed by atoms with Gasteiger partial charge in [-0.2, -0.15) is 5.10 Å². The topological polar surface area (TPSA) is 83.3 Å². The largest absolute Gasteiger partial charge is 0.507 e. The van der Waals surface area contributed by atoms with E-state index in [0.29, 0.717) is 17.2 Å². The molecule has 6 nitrogen and oxygen atoms in total. The zero-order valence-corrected chi connectivity index (χ0v) is 12.5. The average molecular weight is 305 g/mol. The lowest BCUT2D eigenvalue weighted by molar-refractivity contribution is 0.477. The summed E-state index contributed by atoms with van der Waals surface area (Å²) in [5.74, 6) is 1.14. The molecule has 2 aromatic heterocycles. The van der Waals surface area contributed by atoms with E-state index < -0.39 is 0 Å². The Hall–Kier alpha value is -3.28. The highest BCUT2D eigenvalue weighted by Gasteiger charge is 2.08. The number of nitrogens with one attached hydrogen (secondary N) is 1. The predicted molar refractivity (Wildman–Crippen MR) is 89.3 cm³/mol. The highest BCUT2D eigenvalue weighted by molar-refractivity contribution is 5.79. The second-order valence-corrected chi connectivity index (χ2v) is 4.89. The molecule has 0 spiro atoms. The molecule has 3 rings (SSSR count). The van der Waals surface area contributed by atoms with Crippen molar-refractivity contribution in [2.75, 3.05) is 5.43 Å². The molecule has 114 valence electrons. The van der Waals surface area contributed by atoms with Crippen LogP contribution < -0.4 is 5.43 Å². The van der Waals surface area contributed by atoms with E-state index in [2.05, 4.69) is 25.5 Å². The molecule has 2 heterocycles. The SMILES string of the molecule is Cc1cc(NN=Cc2cccnc2)nc(-c2ccccc2O)n1. The number of aromatic nitrogens is 3. The van der Waals surface area contributed by atoms with Gasteiger partial charge in [0.1, 0.15) is 5.75 Å². The Labute approximate surface area is 133 Å². The molecule has 0 saturated heterocycles. The first kappa shape index (κ1) is 14.6. The van der Waals surface area contributed by atoms with Crippen LogP contribution in [0.25, 0.3) is 11.4 Å². The molecule has 3 aromatic rings. The van der Waals surface area contributed by atoms with E-state index >= 15 is 0 Å². The monoisotopic (exact) mass is 305 g/mol. The van der Waals surface area contributed by atoms with Crippen LogP contribution in [0.15, 0.2) is 60.0 Å². The summed E-state index contributed by atoms with van der Waals surface area (Å²) in [6, 6.07) is 12.5. The van der Waals surface area contributed by atoms with Gasteiger partial charge in [-0.05, 0) is 25.1 Å². The maximum atomic E-state index is 9.93. The number of anilines is 1. The van der Waals surface area contributed by atoms with Gasteiger partial charge in [0.2, 0.25) is 0 Å². The van der Waals surface area contributed by atoms with Crippen molar-refractivity contribution in [1.82, 2.24) is 15.0 Å². The third-order valence-electron chi connectivity index (χ3n) is 3.08. The molecule has 0 fully saturated rings. The lowest BCUT2D eigenvalue weighted by atomic mass is 10.2. The van der Waals surface area contributed by atoms with Crippen molar-refractivity contribution in [2.45, 2.75) is 6.92 Å². The summed E-state index contributed by atoms with van der Waals surface area (Å²) in [6.45, 7) is 1.86. The zero-order chi connectivity index (χ0) is 16.1. The van der Waals surface area contributed by atoms with Crippen LogP contribution >= 0.6 is 0 Å². The number of benzene rings is 1. The summed E-state index contributed by atoms with van der Waals surface area (Å²) in [6.07, 6.45) is 5.07. The number of phenolic OH excluding ortho intramolecular Hbond substituents is 1. The first-order valence-electron chi connectivity index (χ1n) is 7.05. The number of phenols is 1. The number of pyridine rings is 1. The van der Waals surface area contributed by atoms with Gasteiger partial charge < -0.3 is 5.11 Å². The third-order valence-corrected chi connectivity index (χ3v) is 3.08. The highest BCUT2D eigenvalue weighted by Crippen LogP contribution is 2.26. The molecule has 6 heteroatoms. The Morgan fingerprint density at radius 1 is 1.13 bits per heavy atom. The summed E-state index contributed by atoms with van der Waals surface area (Å²) in [4.78, 5) is 12.8. The first-order chi connectivity index (χ1) is 11.2. The Bertz CT molecular complexity index is 833. The smallest absolute Gasteiger partial charge is 0.165 e. The summed E-state index contributed by atoms with van der Waals surface area (Å²) < 4.78 is 0. The van der Waals surface area contributed by atoms with Crippen molar-refractivity contribution < 1.29 is 5.11 Å². The maximum absolute atomic E-state index is 9.93. The number of hydrogen-bond donors (Lipinski definition) is 2. The molecule has 1 aromatic carbocycles. The van der Waals surface area contributed by atoms with Crippen LogP contribution in [0, 0.1) is 6.92 Å². The number of aryl methyl sites for hydroxylation is 1. The van der Waals surface area contributed by atoms with Gasteiger partial charge in [0, 0.05) is 29.7 Å². The van der Waals surface area contributed by atoms with E-state index in [1.54, 1.807) is 42.9 Å². The normalized spacial score (nSPS) is 10.8. The number of para-hydroxylation sites is 1. The maximum Gasteiger partial charge on any atom is 0.165 e. The molecule has 23 heavy (non-hydrogen) atoms. The lowest BCUT2D eigenvalue weighted by Gasteiger charge is -2.06. The minimum absolute atomic E-state index is 0.142. The van der Waals surface area contributed by atoms with Gasteiger partial charge >= 0.3 is 0 Å². The van der Waals surface area contributed by atoms with Crippen LogP contribution in [0.2, 0.25) is 0 Å². The Morgan fingerprint density at radius 2 is 2.00 bits per heavy atom. The Kier molecular flexibility index (Phi) is 4.24. The zero-order valence-electron chi connectivity index (χ0n) is 12.5. The molecule has 0 bridgehead atoms. The van der Waals surface area contributed by atoms with Crippen molar-refractivity contribution in [2.24, 2.45) is 5.10 Å². The minimum atomic E-state index is 0.142. The predicted octanol–water partition coefficient (Wildman–Crippen LogP) is 3.00. The van der Waals surface area contributed by atoms with Gasteiger partial charge in [0.25, 0.3) is 0 Å². The van der Waals surface area contributed by atoms with Gasteiger partial charge in [-0.3, -0.25) is 10.4 Å². The molecular formula is C17H15N5O. The quantitative estimate of drug-likeness (QED) is 0.572. The number of rotatable bonds is 4. The van der Waals surface area contributed by atoms with Crippen molar-refractivity contribution >= 4 is 12.0 Å². The number of nitrogens with zero attached hydrogens (tertiary/aromatic N) is 4. The van der Waals surface area contributed by atoms with E-state index in [0.717, 1.165) is 11.3 Å².